The van der Waals surface area contributed by atoms with E-state index in [1.165, 1.54) is 4.90 Å². The molecule has 1 amide bonds. The van der Waals surface area contributed by atoms with Crippen LogP contribution in [0.2, 0.25) is 10.0 Å². The second kappa shape index (κ2) is 8.85. The summed E-state index contributed by atoms with van der Waals surface area (Å²) in [5.74, 6) is -0.829. The third kappa shape index (κ3) is 4.72. The Morgan fingerprint density at radius 2 is 2.04 bits per heavy atom. The number of carbonyl (C=O) groups is 2. The number of rotatable bonds is 6. The van der Waals surface area contributed by atoms with E-state index in [4.69, 9.17) is 40.2 Å². The zero-order valence-corrected chi connectivity index (χ0v) is 16.0. The number of ether oxygens (including phenoxy) is 1. The van der Waals surface area contributed by atoms with Gasteiger partial charge in [-0.15, -0.1) is 0 Å². The maximum absolute atomic E-state index is 12.5. The van der Waals surface area contributed by atoms with Gasteiger partial charge in [0.15, 0.2) is 0 Å². The molecular weight excluding hydrogens is 389 g/mol. The summed E-state index contributed by atoms with van der Waals surface area (Å²) >= 11 is 18.5. The van der Waals surface area contributed by atoms with Gasteiger partial charge in [0.05, 0.1) is 11.5 Å². The van der Waals surface area contributed by atoms with Crippen LogP contribution in [0.4, 0.5) is 0 Å². The molecule has 1 aromatic carbocycles. The van der Waals surface area contributed by atoms with Crippen LogP contribution in [0.5, 0.6) is 0 Å². The van der Waals surface area contributed by atoms with E-state index >= 15 is 0 Å². The summed E-state index contributed by atoms with van der Waals surface area (Å²) in [4.78, 5) is 25.9. The summed E-state index contributed by atoms with van der Waals surface area (Å²) in [7, 11) is 0. The Bertz CT molecular complexity index is 686. The molecule has 1 heterocycles. The predicted octanol–water partition coefficient (Wildman–Crippen LogP) is 4.54. The van der Waals surface area contributed by atoms with Gasteiger partial charge in [-0.05, 0) is 24.6 Å². The third-order valence-electron chi connectivity index (χ3n) is 3.20. The fraction of sp³-hybridized carbons (Fsp3) is 0.312. The van der Waals surface area contributed by atoms with E-state index in [9.17, 15) is 9.59 Å². The number of benzene rings is 1. The van der Waals surface area contributed by atoms with Crippen LogP contribution in [0, 0.1) is 0 Å². The van der Waals surface area contributed by atoms with Gasteiger partial charge in [0, 0.05) is 15.6 Å². The highest BCUT2D eigenvalue weighted by Gasteiger charge is 2.34. The van der Waals surface area contributed by atoms with E-state index in [2.05, 4.69) is 0 Å². The number of hydrogen-bond donors (Lipinski definition) is 0. The predicted molar refractivity (Wildman–Crippen MR) is 102 cm³/mol. The monoisotopic (exact) mass is 403 g/mol. The van der Waals surface area contributed by atoms with Crippen LogP contribution in [0.25, 0.3) is 6.08 Å². The molecule has 0 radical (unpaired) electrons. The molecule has 1 fully saturated rings. The van der Waals surface area contributed by atoms with E-state index in [1.807, 2.05) is 6.92 Å². The lowest BCUT2D eigenvalue weighted by Gasteiger charge is -2.13. The van der Waals surface area contributed by atoms with Gasteiger partial charge in [-0.1, -0.05) is 66.6 Å². The number of thiocarbonyl (C=S) groups is 1. The molecule has 128 valence electrons. The van der Waals surface area contributed by atoms with E-state index in [-0.39, 0.29) is 12.5 Å². The summed E-state index contributed by atoms with van der Waals surface area (Å²) in [6.45, 7) is 2.15. The van der Waals surface area contributed by atoms with Gasteiger partial charge in [-0.25, -0.2) is 0 Å². The summed E-state index contributed by atoms with van der Waals surface area (Å²) in [6.07, 6.45) is 3.30. The first kappa shape index (κ1) is 19.2. The Morgan fingerprint density at radius 3 is 2.67 bits per heavy atom. The topological polar surface area (TPSA) is 46.6 Å². The molecule has 0 bridgehead atoms. The minimum atomic E-state index is -0.475. The number of halogens is 2. The number of esters is 1. The summed E-state index contributed by atoms with van der Waals surface area (Å²) < 4.78 is 5.38. The van der Waals surface area contributed by atoms with Crippen molar-refractivity contribution in [2.24, 2.45) is 0 Å². The first-order valence-electron chi connectivity index (χ1n) is 7.29. The van der Waals surface area contributed by atoms with E-state index in [0.717, 1.165) is 24.6 Å². The molecule has 0 unspecified atom stereocenters. The summed E-state index contributed by atoms with van der Waals surface area (Å²) in [6, 6.07) is 5.09. The second-order valence-electron chi connectivity index (χ2n) is 4.98. The molecule has 0 spiro atoms. The maximum atomic E-state index is 12.5. The highest BCUT2D eigenvalue weighted by molar-refractivity contribution is 8.26. The highest BCUT2D eigenvalue weighted by atomic mass is 35.5. The number of unbranched alkanes of at least 4 members (excludes halogenated alkanes) is 1. The molecule has 1 aliphatic rings. The number of hydrogen-bond acceptors (Lipinski definition) is 5. The Morgan fingerprint density at radius 1 is 1.38 bits per heavy atom. The number of carbonyl (C=O) groups excluding carboxylic acids is 2. The van der Waals surface area contributed by atoms with E-state index in [0.29, 0.717) is 31.4 Å². The van der Waals surface area contributed by atoms with Crippen LogP contribution in [0.15, 0.2) is 23.1 Å². The van der Waals surface area contributed by atoms with Crippen molar-refractivity contribution in [3.8, 4) is 0 Å². The molecule has 0 aliphatic carbocycles. The zero-order chi connectivity index (χ0) is 17.7. The van der Waals surface area contributed by atoms with Crippen molar-refractivity contribution in [3.05, 3.63) is 38.7 Å². The molecule has 2 rings (SSSR count). The average molecular weight is 404 g/mol. The zero-order valence-electron chi connectivity index (χ0n) is 12.9. The van der Waals surface area contributed by atoms with E-state index < -0.39 is 5.97 Å². The van der Waals surface area contributed by atoms with Crippen molar-refractivity contribution in [1.29, 1.82) is 0 Å². The standard InChI is InChI=1S/C16H15Cl2NO3S2/c1-2-3-7-22-14(20)9-19-15(21)13(24-16(19)23)8-10-11(17)5-4-6-12(10)18/h4-6,8H,2-3,7,9H2,1H3/b13-8-. The minimum absolute atomic E-state index is 0.192. The molecule has 0 atom stereocenters. The molecule has 1 saturated heterocycles. The lowest BCUT2D eigenvalue weighted by Crippen LogP contribution is -2.34. The lowest BCUT2D eigenvalue weighted by molar-refractivity contribution is -0.146. The molecule has 0 aromatic heterocycles. The van der Waals surface area contributed by atoms with Gasteiger partial charge in [-0.2, -0.15) is 0 Å². The third-order valence-corrected chi connectivity index (χ3v) is 5.23. The van der Waals surface area contributed by atoms with Crippen LogP contribution in [-0.2, 0) is 14.3 Å². The van der Waals surface area contributed by atoms with Crippen LogP contribution >= 0.6 is 47.2 Å². The maximum Gasteiger partial charge on any atom is 0.326 e. The van der Waals surface area contributed by atoms with Crippen molar-refractivity contribution in [2.45, 2.75) is 19.8 Å². The van der Waals surface area contributed by atoms with Gasteiger partial charge >= 0.3 is 5.97 Å². The van der Waals surface area contributed by atoms with Crippen LogP contribution in [0.1, 0.15) is 25.3 Å². The average Bonchev–Trinajstić information content (AvgIpc) is 2.79. The lowest BCUT2D eigenvalue weighted by atomic mass is 10.2. The minimum Gasteiger partial charge on any atom is -0.464 e. The fourth-order valence-corrected chi connectivity index (χ4v) is 3.66. The molecule has 0 saturated carbocycles. The molecular formula is C16H15Cl2NO3S2. The van der Waals surface area contributed by atoms with Gasteiger partial charge < -0.3 is 4.74 Å². The number of thioether (sulfide) groups is 1. The van der Waals surface area contributed by atoms with E-state index in [1.54, 1.807) is 24.3 Å². The normalized spacial score (nSPS) is 16.1. The van der Waals surface area contributed by atoms with Crippen molar-refractivity contribution in [3.63, 3.8) is 0 Å². The summed E-state index contributed by atoms with van der Waals surface area (Å²) in [5.41, 5.74) is 0.548. The molecule has 1 aromatic rings. The Labute approximate surface area is 160 Å². The highest BCUT2D eigenvalue weighted by Crippen LogP contribution is 2.35. The molecule has 1 aliphatic heterocycles. The van der Waals surface area contributed by atoms with Gasteiger partial charge in [0.2, 0.25) is 0 Å². The Kier molecular flexibility index (Phi) is 7.10. The van der Waals surface area contributed by atoms with Gasteiger partial charge in [0.1, 0.15) is 10.9 Å². The van der Waals surface area contributed by atoms with Crippen LogP contribution < -0.4 is 0 Å². The smallest absolute Gasteiger partial charge is 0.326 e. The largest absolute Gasteiger partial charge is 0.464 e. The van der Waals surface area contributed by atoms with Crippen molar-refractivity contribution >= 4 is 69.5 Å². The molecule has 24 heavy (non-hydrogen) atoms. The molecule has 8 heteroatoms. The van der Waals surface area contributed by atoms with Crippen LogP contribution in [0.3, 0.4) is 0 Å². The summed E-state index contributed by atoms with van der Waals surface area (Å²) in [5, 5.41) is 0.874. The van der Waals surface area contributed by atoms with Gasteiger partial charge in [-0.3, -0.25) is 14.5 Å². The van der Waals surface area contributed by atoms with Gasteiger partial charge in [0.25, 0.3) is 5.91 Å². The van der Waals surface area contributed by atoms with Crippen LogP contribution in [-0.4, -0.2) is 34.2 Å². The SMILES string of the molecule is CCCCOC(=O)CN1C(=O)/C(=C/c2c(Cl)cccc2Cl)SC1=S. The first-order valence-corrected chi connectivity index (χ1v) is 9.27. The number of nitrogens with zero attached hydrogens (tertiary/aromatic N) is 1. The Balaban J connectivity index is 2.11. The van der Waals surface area contributed by atoms with Crippen molar-refractivity contribution in [1.82, 2.24) is 4.90 Å². The van der Waals surface area contributed by atoms with Crippen molar-refractivity contribution in [2.75, 3.05) is 13.2 Å². The molecule has 0 N–H and O–H groups in total. The fourth-order valence-electron chi connectivity index (χ4n) is 1.92. The second-order valence-corrected chi connectivity index (χ2v) is 7.47. The first-order chi connectivity index (χ1) is 11.4. The van der Waals surface area contributed by atoms with Crippen molar-refractivity contribution < 1.29 is 14.3 Å². The Hall–Kier alpha value is -1.08. The molecule has 4 nitrogen and oxygen atoms in total. The quantitative estimate of drug-likeness (QED) is 0.302. The number of amides is 1.